The fourth-order valence-electron chi connectivity index (χ4n) is 2.91. The van der Waals surface area contributed by atoms with E-state index in [1.165, 1.54) is 0 Å². The van der Waals surface area contributed by atoms with E-state index in [-0.39, 0.29) is 16.5 Å². The van der Waals surface area contributed by atoms with Crippen LogP contribution in [0.15, 0.2) is 18.2 Å². The molecule has 0 amide bonds. The molecule has 0 aromatic heterocycles. The van der Waals surface area contributed by atoms with Crippen LogP contribution in [0.2, 0.25) is 0 Å². The van der Waals surface area contributed by atoms with Crippen LogP contribution in [0.4, 0.5) is 11.4 Å². The Hall–Kier alpha value is -1.99. The largest absolute Gasteiger partial charge is 0.385 e. The molecule has 1 aromatic carbocycles. The van der Waals surface area contributed by atoms with E-state index in [2.05, 4.69) is 5.32 Å². The van der Waals surface area contributed by atoms with E-state index in [9.17, 15) is 14.9 Å². The van der Waals surface area contributed by atoms with E-state index in [1.807, 2.05) is 17.0 Å². The molecule has 1 aliphatic heterocycles. The average Bonchev–Trinajstić information content (AvgIpc) is 2.59. The molecule has 1 fully saturated rings. The predicted octanol–water partition coefficient (Wildman–Crippen LogP) is 1.71. The highest BCUT2D eigenvalue weighted by Crippen LogP contribution is 2.33. The smallest absolute Gasteiger partial charge is 0.292 e. The van der Waals surface area contributed by atoms with Crippen LogP contribution in [0, 0.1) is 10.1 Å². The van der Waals surface area contributed by atoms with E-state index in [0.717, 1.165) is 38.0 Å². The number of anilines is 1. The number of piperazine rings is 1. The van der Waals surface area contributed by atoms with Crippen molar-refractivity contribution >= 4 is 17.7 Å². The van der Waals surface area contributed by atoms with E-state index in [4.69, 9.17) is 4.74 Å². The van der Waals surface area contributed by atoms with Crippen molar-refractivity contribution in [2.45, 2.75) is 18.8 Å². The lowest BCUT2D eigenvalue weighted by molar-refractivity contribution is -0.384. The van der Waals surface area contributed by atoms with Crippen molar-refractivity contribution in [3.05, 3.63) is 33.9 Å². The first kappa shape index (κ1) is 17.4. The number of ether oxygens (including phenoxy) is 1. The molecule has 1 heterocycles. The molecule has 23 heavy (non-hydrogen) atoms. The van der Waals surface area contributed by atoms with Crippen molar-refractivity contribution in [2.75, 3.05) is 44.8 Å². The minimum Gasteiger partial charge on any atom is -0.385 e. The molecular formula is C16H23N3O4. The maximum Gasteiger partial charge on any atom is 0.292 e. The second kappa shape index (κ2) is 8.59. The summed E-state index contributed by atoms with van der Waals surface area (Å²) >= 11 is 0. The van der Waals surface area contributed by atoms with Crippen molar-refractivity contribution in [3.63, 3.8) is 0 Å². The number of rotatable bonds is 8. The van der Waals surface area contributed by atoms with Crippen LogP contribution in [0.5, 0.6) is 0 Å². The van der Waals surface area contributed by atoms with Crippen molar-refractivity contribution in [3.8, 4) is 0 Å². The minimum absolute atomic E-state index is 0.0526. The molecule has 0 spiro atoms. The SMILES string of the molecule is COCCC(CC=O)c1ccc(N2CCNCC2)c([N+](=O)[O-])c1. The summed E-state index contributed by atoms with van der Waals surface area (Å²) in [6, 6.07) is 5.32. The quantitative estimate of drug-likeness (QED) is 0.446. The van der Waals surface area contributed by atoms with E-state index in [0.29, 0.717) is 25.1 Å². The number of nitrogens with one attached hydrogen (secondary N) is 1. The summed E-state index contributed by atoms with van der Waals surface area (Å²) < 4.78 is 5.07. The summed E-state index contributed by atoms with van der Waals surface area (Å²) in [5, 5.41) is 14.7. The summed E-state index contributed by atoms with van der Waals surface area (Å²) in [7, 11) is 1.61. The van der Waals surface area contributed by atoms with E-state index >= 15 is 0 Å². The monoisotopic (exact) mass is 321 g/mol. The zero-order valence-corrected chi connectivity index (χ0v) is 13.4. The second-order valence-corrected chi connectivity index (χ2v) is 5.62. The zero-order valence-electron chi connectivity index (χ0n) is 13.4. The van der Waals surface area contributed by atoms with Gasteiger partial charge in [0.25, 0.3) is 5.69 Å². The van der Waals surface area contributed by atoms with Crippen LogP contribution in [0.1, 0.15) is 24.3 Å². The fourth-order valence-corrected chi connectivity index (χ4v) is 2.91. The highest BCUT2D eigenvalue weighted by Gasteiger charge is 2.23. The van der Waals surface area contributed by atoms with Gasteiger partial charge in [0.15, 0.2) is 0 Å². The zero-order chi connectivity index (χ0) is 16.7. The molecule has 1 N–H and O–H groups in total. The number of nitro benzene ring substituents is 1. The third-order valence-corrected chi connectivity index (χ3v) is 4.18. The first-order valence-electron chi connectivity index (χ1n) is 7.84. The van der Waals surface area contributed by atoms with Gasteiger partial charge in [-0.15, -0.1) is 0 Å². The standard InChI is InChI=1S/C16H23N3O4/c1-23-11-5-13(4-10-20)14-2-3-15(16(12-14)19(21)22)18-8-6-17-7-9-18/h2-3,10,12-13,17H,4-9,11H2,1H3. The molecule has 2 rings (SSSR count). The Kier molecular flexibility index (Phi) is 6.49. The molecule has 0 saturated carbocycles. The number of methoxy groups -OCH3 is 1. The first-order valence-corrected chi connectivity index (χ1v) is 7.84. The van der Waals surface area contributed by atoms with Gasteiger partial charge in [0.05, 0.1) is 4.92 Å². The molecule has 0 bridgehead atoms. The maximum atomic E-state index is 11.5. The molecule has 1 aromatic rings. The molecule has 1 aliphatic rings. The van der Waals surface area contributed by atoms with Gasteiger partial charge in [-0.3, -0.25) is 10.1 Å². The molecule has 7 nitrogen and oxygen atoms in total. The fraction of sp³-hybridized carbons (Fsp3) is 0.562. The number of carbonyl (C=O) groups is 1. The molecule has 0 aliphatic carbocycles. The number of hydrogen-bond donors (Lipinski definition) is 1. The van der Waals surface area contributed by atoms with Gasteiger partial charge in [-0.25, -0.2) is 0 Å². The number of benzene rings is 1. The highest BCUT2D eigenvalue weighted by atomic mass is 16.6. The lowest BCUT2D eigenvalue weighted by atomic mass is 9.92. The summed E-state index contributed by atoms with van der Waals surface area (Å²) in [6.07, 6.45) is 1.86. The number of hydrogen-bond acceptors (Lipinski definition) is 6. The molecule has 0 radical (unpaired) electrons. The van der Waals surface area contributed by atoms with Gasteiger partial charge in [0.1, 0.15) is 12.0 Å². The Morgan fingerprint density at radius 2 is 2.17 bits per heavy atom. The lowest BCUT2D eigenvalue weighted by Crippen LogP contribution is -2.43. The number of nitro groups is 1. The van der Waals surface area contributed by atoms with Crippen LogP contribution in [-0.4, -0.2) is 51.1 Å². The molecular weight excluding hydrogens is 298 g/mol. The van der Waals surface area contributed by atoms with Crippen molar-refractivity contribution < 1.29 is 14.5 Å². The Morgan fingerprint density at radius 1 is 1.43 bits per heavy atom. The Labute approximate surface area is 135 Å². The normalized spacial score (nSPS) is 16.1. The molecule has 1 saturated heterocycles. The minimum atomic E-state index is -0.338. The van der Waals surface area contributed by atoms with Crippen molar-refractivity contribution in [1.29, 1.82) is 0 Å². The van der Waals surface area contributed by atoms with E-state index in [1.54, 1.807) is 13.2 Å². The van der Waals surface area contributed by atoms with Gasteiger partial charge in [-0.2, -0.15) is 0 Å². The topological polar surface area (TPSA) is 84.7 Å². The Balaban J connectivity index is 2.29. The van der Waals surface area contributed by atoms with Crippen LogP contribution < -0.4 is 10.2 Å². The summed E-state index contributed by atoms with van der Waals surface area (Å²) in [5.41, 5.74) is 1.58. The number of carbonyl (C=O) groups excluding carboxylic acids is 1. The summed E-state index contributed by atoms with van der Waals surface area (Å²) in [4.78, 5) is 24.1. The maximum absolute atomic E-state index is 11.5. The van der Waals surface area contributed by atoms with Crippen molar-refractivity contribution in [2.24, 2.45) is 0 Å². The van der Waals surface area contributed by atoms with Gasteiger partial charge >= 0.3 is 0 Å². The highest BCUT2D eigenvalue weighted by molar-refractivity contribution is 5.65. The Morgan fingerprint density at radius 3 is 2.78 bits per heavy atom. The molecule has 126 valence electrons. The van der Waals surface area contributed by atoms with Crippen molar-refractivity contribution in [1.82, 2.24) is 5.32 Å². The van der Waals surface area contributed by atoms with Crippen LogP contribution in [-0.2, 0) is 9.53 Å². The molecule has 1 atom stereocenters. The number of aldehydes is 1. The number of nitrogens with zero attached hydrogens (tertiary/aromatic N) is 2. The van der Waals surface area contributed by atoms with Gasteiger partial charge in [-0.1, -0.05) is 6.07 Å². The summed E-state index contributed by atoms with van der Waals surface area (Å²) in [6.45, 7) is 3.66. The third kappa shape index (κ3) is 4.49. The average molecular weight is 321 g/mol. The summed E-state index contributed by atoms with van der Waals surface area (Å²) in [5.74, 6) is -0.0526. The second-order valence-electron chi connectivity index (χ2n) is 5.62. The van der Waals surface area contributed by atoms with Gasteiger partial charge < -0.3 is 19.7 Å². The third-order valence-electron chi connectivity index (χ3n) is 4.18. The van der Waals surface area contributed by atoms with Crippen LogP contribution in [0.25, 0.3) is 0 Å². The van der Waals surface area contributed by atoms with Gasteiger partial charge in [-0.05, 0) is 24.0 Å². The van der Waals surface area contributed by atoms with Gasteiger partial charge in [0.2, 0.25) is 0 Å². The lowest BCUT2D eigenvalue weighted by Gasteiger charge is -2.29. The Bertz CT molecular complexity index is 544. The van der Waals surface area contributed by atoms with Crippen LogP contribution >= 0.6 is 0 Å². The van der Waals surface area contributed by atoms with Crippen LogP contribution in [0.3, 0.4) is 0 Å². The van der Waals surface area contributed by atoms with E-state index < -0.39 is 0 Å². The first-order chi connectivity index (χ1) is 11.2. The van der Waals surface area contributed by atoms with Gasteiger partial charge in [0, 0.05) is 52.4 Å². The predicted molar refractivity (Wildman–Crippen MR) is 88.1 cm³/mol. The molecule has 7 heteroatoms. The molecule has 1 unspecified atom stereocenters.